The predicted octanol–water partition coefficient (Wildman–Crippen LogP) is 2.16. The Balaban J connectivity index is 1.90. The monoisotopic (exact) mass is 343 g/mol. The standard InChI is InChI=1S/C19H25N3O3/c1-4-19(15-9-7-13(2)8-10-15)17(24)22(18(25)20-19)14(3)16(23)21-11-5-6-12-21/h7-10,14H,4-6,11-12H2,1-3H3,(H,20,25)/t14-,19-/m0/s1. The normalized spacial score (nSPS) is 24.6. The lowest BCUT2D eigenvalue weighted by Crippen LogP contribution is -2.50. The molecule has 2 aliphatic heterocycles. The Labute approximate surface area is 148 Å². The lowest BCUT2D eigenvalue weighted by Gasteiger charge is -2.28. The zero-order valence-corrected chi connectivity index (χ0v) is 15.0. The van der Waals surface area contributed by atoms with Crippen molar-refractivity contribution in [1.82, 2.24) is 15.1 Å². The van der Waals surface area contributed by atoms with Gasteiger partial charge in [0.05, 0.1) is 0 Å². The summed E-state index contributed by atoms with van der Waals surface area (Å²) < 4.78 is 0. The van der Waals surface area contributed by atoms with E-state index in [1.54, 1.807) is 11.8 Å². The maximum absolute atomic E-state index is 13.2. The highest BCUT2D eigenvalue weighted by Crippen LogP contribution is 2.34. The number of benzene rings is 1. The van der Waals surface area contributed by atoms with E-state index in [1.807, 2.05) is 38.1 Å². The van der Waals surface area contributed by atoms with Crippen LogP contribution < -0.4 is 5.32 Å². The summed E-state index contributed by atoms with van der Waals surface area (Å²) >= 11 is 0. The fourth-order valence-electron chi connectivity index (χ4n) is 3.74. The van der Waals surface area contributed by atoms with E-state index < -0.39 is 17.6 Å². The molecule has 2 fully saturated rings. The third-order valence-corrected chi connectivity index (χ3v) is 5.36. The number of nitrogens with zero attached hydrogens (tertiary/aromatic N) is 2. The van der Waals surface area contributed by atoms with Crippen LogP contribution in [0.3, 0.4) is 0 Å². The molecule has 0 bridgehead atoms. The van der Waals surface area contributed by atoms with Crippen LogP contribution in [0.2, 0.25) is 0 Å². The van der Waals surface area contributed by atoms with E-state index >= 15 is 0 Å². The minimum absolute atomic E-state index is 0.156. The number of carbonyl (C=O) groups excluding carboxylic acids is 3. The number of hydrogen-bond acceptors (Lipinski definition) is 3. The van der Waals surface area contributed by atoms with Gasteiger partial charge >= 0.3 is 6.03 Å². The van der Waals surface area contributed by atoms with Crippen molar-refractivity contribution in [1.29, 1.82) is 0 Å². The average molecular weight is 343 g/mol. The van der Waals surface area contributed by atoms with Crippen LogP contribution in [0, 0.1) is 6.92 Å². The summed E-state index contributed by atoms with van der Waals surface area (Å²) in [5.41, 5.74) is 0.744. The van der Waals surface area contributed by atoms with Gasteiger partial charge in [0.15, 0.2) is 0 Å². The van der Waals surface area contributed by atoms with E-state index in [0.717, 1.165) is 28.9 Å². The lowest BCUT2D eigenvalue weighted by atomic mass is 9.86. The van der Waals surface area contributed by atoms with Gasteiger partial charge < -0.3 is 10.2 Å². The van der Waals surface area contributed by atoms with E-state index in [0.29, 0.717) is 19.5 Å². The smallest absolute Gasteiger partial charge is 0.326 e. The Morgan fingerprint density at radius 1 is 1.20 bits per heavy atom. The first-order chi connectivity index (χ1) is 11.9. The van der Waals surface area contributed by atoms with E-state index in [4.69, 9.17) is 0 Å². The third-order valence-electron chi connectivity index (χ3n) is 5.36. The highest BCUT2D eigenvalue weighted by Gasteiger charge is 2.54. The number of aryl methyl sites for hydroxylation is 1. The Morgan fingerprint density at radius 3 is 2.36 bits per heavy atom. The third kappa shape index (κ3) is 2.79. The zero-order valence-electron chi connectivity index (χ0n) is 15.0. The van der Waals surface area contributed by atoms with Gasteiger partial charge in [0, 0.05) is 13.1 Å². The number of amides is 4. The molecular formula is C19H25N3O3. The van der Waals surface area contributed by atoms with Gasteiger partial charge in [-0.2, -0.15) is 0 Å². The minimum atomic E-state index is -1.09. The first-order valence-electron chi connectivity index (χ1n) is 8.92. The van der Waals surface area contributed by atoms with Crippen LogP contribution in [0.1, 0.15) is 44.2 Å². The molecule has 1 N–H and O–H groups in total. The van der Waals surface area contributed by atoms with Crippen molar-refractivity contribution in [2.75, 3.05) is 13.1 Å². The molecule has 4 amide bonds. The molecular weight excluding hydrogens is 318 g/mol. The Hall–Kier alpha value is -2.37. The van der Waals surface area contributed by atoms with Gasteiger partial charge in [-0.25, -0.2) is 9.69 Å². The molecule has 6 heteroatoms. The SMILES string of the molecule is CC[C@@]1(c2ccc(C)cc2)NC(=O)N([C@@H](C)C(=O)N2CCCC2)C1=O. The Bertz CT molecular complexity index is 694. The maximum Gasteiger partial charge on any atom is 0.326 e. The van der Waals surface area contributed by atoms with Gasteiger partial charge in [-0.15, -0.1) is 0 Å². The van der Waals surface area contributed by atoms with E-state index in [1.165, 1.54) is 0 Å². The van der Waals surface area contributed by atoms with Gasteiger partial charge in [0.1, 0.15) is 11.6 Å². The summed E-state index contributed by atoms with van der Waals surface area (Å²) in [6.07, 6.45) is 2.38. The second-order valence-electron chi connectivity index (χ2n) is 6.94. The molecule has 2 saturated heterocycles. The summed E-state index contributed by atoms with van der Waals surface area (Å²) in [4.78, 5) is 41.3. The summed E-state index contributed by atoms with van der Waals surface area (Å²) in [7, 11) is 0. The van der Waals surface area contributed by atoms with Crippen LogP contribution in [-0.2, 0) is 15.1 Å². The summed E-state index contributed by atoms with van der Waals surface area (Å²) in [5, 5.41) is 2.85. The molecule has 6 nitrogen and oxygen atoms in total. The number of likely N-dealkylation sites (tertiary alicyclic amines) is 1. The van der Waals surface area contributed by atoms with Crippen molar-refractivity contribution in [3.05, 3.63) is 35.4 Å². The van der Waals surface area contributed by atoms with Crippen molar-refractivity contribution in [3.8, 4) is 0 Å². The first kappa shape index (κ1) is 17.5. The molecule has 0 aromatic heterocycles. The van der Waals surface area contributed by atoms with Gasteiger partial charge in [-0.3, -0.25) is 9.59 Å². The Kier molecular flexibility index (Phi) is 4.54. The molecule has 0 unspecified atom stereocenters. The lowest BCUT2D eigenvalue weighted by molar-refractivity contribution is -0.142. The molecule has 25 heavy (non-hydrogen) atoms. The van der Waals surface area contributed by atoms with Gasteiger partial charge in [0.2, 0.25) is 5.91 Å². The molecule has 0 aliphatic carbocycles. The van der Waals surface area contributed by atoms with E-state index in [9.17, 15) is 14.4 Å². The van der Waals surface area contributed by atoms with E-state index in [2.05, 4.69) is 5.32 Å². The van der Waals surface area contributed by atoms with Crippen LogP contribution in [-0.4, -0.2) is 46.8 Å². The second kappa shape index (κ2) is 6.50. The van der Waals surface area contributed by atoms with Gasteiger partial charge in [-0.1, -0.05) is 36.8 Å². The minimum Gasteiger partial charge on any atom is -0.341 e. The quantitative estimate of drug-likeness (QED) is 0.852. The first-order valence-corrected chi connectivity index (χ1v) is 8.92. The number of nitrogens with one attached hydrogen (secondary N) is 1. The molecule has 2 heterocycles. The molecule has 2 atom stereocenters. The maximum atomic E-state index is 13.2. The number of urea groups is 1. The topological polar surface area (TPSA) is 69.7 Å². The molecule has 0 radical (unpaired) electrons. The number of hydrogen-bond donors (Lipinski definition) is 1. The van der Waals surface area contributed by atoms with Crippen LogP contribution in [0.25, 0.3) is 0 Å². The van der Waals surface area contributed by atoms with Crippen molar-refractivity contribution in [2.24, 2.45) is 0 Å². The largest absolute Gasteiger partial charge is 0.341 e. The summed E-state index contributed by atoms with van der Waals surface area (Å²) in [6, 6.07) is 6.30. The summed E-state index contributed by atoms with van der Waals surface area (Å²) in [6.45, 7) is 6.88. The van der Waals surface area contributed by atoms with Crippen molar-refractivity contribution >= 4 is 17.8 Å². The highest BCUT2D eigenvalue weighted by atomic mass is 16.2. The molecule has 1 aromatic carbocycles. The molecule has 3 rings (SSSR count). The zero-order chi connectivity index (χ0) is 18.2. The van der Waals surface area contributed by atoms with Crippen LogP contribution in [0.15, 0.2) is 24.3 Å². The predicted molar refractivity (Wildman–Crippen MR) is 93.8 cm³/mol. The fraction of sp³-hybridized carbons (Fsp3) is 0.526. The second-order valence-corrected chi connectivity index (χ2v) is 6.94. The van der Waals surface area contributed by atoms with Crippen LogP contribution in [0.4, 0.5) is 4.79 Å². The number of carbonyl (C=O) groups is 3. The fourth-order valence-corrected chi connectivity index (χ4v) is 3.74. The van der Waals surface area contributed by atoms with Crippen LogP contribution >= 0.6 is 0 Å². The number of rotatable bonds is 4. The van der Waals surface area contributed by atoms with Crippen molar-refractivity contribution < 1.29 is 14.4 Å². The molecule has 134 valence electrons. The molecule has 1 aromatic rings. The van der Waals surface area contributed by atoms with Crippen molar-refractivity contribution in [3.63, 3.8) is 0 Å². The highest BCUT2D eigenvalue weighted by molar-refractivity contribution is 6.10. The molecule has 2 aliphatic rings. The van der Waals surface area contributed by atoms with Gasteiger partial charge in [-0.05, 0) is 38.7 Å². The molecule has 0 saturated carbocycles. The average Bonchev–Trinajstić information content (AvgIpc) is 3.21. The number of imide groups is 1. The van der Waals surface area contributed by atoms with Crippen molar-refractivity contribution in [2.45, 2.75) is 51.6 Å². The Morgan fingerprint density at radius 2 is 1.80 bits per heavy atom. The molecule has 0 spiro atoms. The summed E-state index contributed by atoms with van der Waals surface area (Å²) in [5.74, 6) is -0.499. The van der Waals surface area contributed by atoms with Gasteiger partial charge in [0.25, 0.3) is 5.91 Å². The van der Waals surface area contributed by atoms with E-state index in [-0.39, 0.29) is 11.8 Å². The van der Waals surface area contributed by atoms with Crippen LogP contribution in [0.5, 0.6) is 0 Å².